The molecule has 1 rings (SSSR count). The summed E-state index contributed by atoms with van der Waals surface area (Å²) in [5, 5.41) is 3.42. The number of ether oxygens (including phenoxy) is 2. The third-order valence-electron chi connectivity index (χ3n) is 3.21. The Morgan fingerprint density at radius 3 is 2.47 bits per heavy atom. The van der Waals surface area contributed by atoms with Gasteiger partial charge in [0.15, 0.2) is 0 Å². The fraction of sp³-hybridized carbons (Fsp3) is 0.625. The molecule has 3 heteroatoms. The monoisotopic (exact) mass is 265 g/mol. The standard InChI is InChI=1S/C16H27NO2/c1-5-10-17-12-13-11-15(18-4)8-9-16(13)19-14(6-2)7-3/h8-9,11,14,17H,5-7,10,12H2,1-4H3. The van der Waals surface area contributed by atoms with E-state index in [0.717, 1.165) is 43.9 Å². The van der Waals surface area contributed by atoms with Crippen molar-refractivity contribution in [2.24, 2.45) is 0 Å². The Bertz CT molecular complexity index is 362. The highest BCUT2D eigenvalue weighted by Gasteiger charge is 2.10. The first-order chi connectivity index (χ1) is 9.24. The van der Waals surface area contributed by atoms with Crippen LogP contribution in [-0.4, -0.2) is 19.8 Å². The van der Waals surface area contributed by atoms with E-state index in [0.29, 0.717) is 6.10 Å². The Morgan fingerprint density at radius 2 is 1.89 bits per heavy atom. The van der Waals surface area contributed by atoms with Gasteiger partial charge in [-0.1, -0.05) is 20.8 Å². The molecule has 0 saturated carbocycles. The van der Waals surface area contributed by atoms with Gasteiger partial charge in [0.05, 0.1) is 13.2 Å². The largest absolute Gasteiger partial charge is 0.497 e. The van der Waals surface area contributed by atoms with Crippen molar-refractivity contribution in [3.63, 3.8) is 0 Å². The van der Waals surface area contributed by atoms with Gasteiger partial charge in [0.2, 0.25) is 0 Å². The molecule has 0 saturated heterocycles. The van der Waals surface area contributed by atoms with Crippen LogP contribution in [0.25, 0.3) is 0 Å². The van der Waals surface area contributed by atoms with Crippen LogP contribution in [-0.2, 0) is 6.54 Å². The van der Waals surface area contributed by atoms with Crippen LogP contribution in [0.1, 0.15) is 45.6 Å². The summed E-state index contributed by atoms with van der Waals surface area (Å²) in [6, 6.07) is 6.03. The average Bonchev–Trinajstić information content (AvgIpc) is 2.46. The molecule has 108 valence electrons. The molecule has 1 N–H and O–H groups in total. The van der Waals surface area contributed by atoms with E-state index in [1.807, 2.05) is 12.1 Å². The van der Waals surface area contributed by atoms with Gasteiger partial charge in [0.1, 0.15) is 11.5 Å². The van der Waals surface area contributed by atoms with Crippen LogP contribution < -0.4 is 14.8 Å². The molecule has 0 unspecified atom stereocenters. The van der Waals surface area contributed by atoms with Crippen LogP contribution in [0.5, 0.6) is 11.5 Å². The Morgan fingerprint density at radius 1 is 1.16 bits per heavy atom. The van der Waals surface area contributed by atoms with Crippen LogP contribution in [0.2, 0.25) is 0 Å². The quantitative estimate of drug-likeness (QED) is 0.690. The lowest BCUT2D eigenvalue weighted by Gasteiger charge is -2.19. The topological polar surface area (TPSA) is 30.5 Å². The number of hydrogen-bond donors (Lipinski definition) is 1. The molecule has 0 atom stereocenters. The molecule has 0 amide bonds. The Kier molecular flexibility index (Phi) is 7.34. The van der Waals surface area contributed by atoms with Gasteiger partial charge in [-0.2, -0.15) is 0 Å². The lowest BCUT2D eigenvalue weighted by atomic mass is 10.1. The second-order valence-electron chi connectivity index (χ2n) is 4.71. The average molecular weight is 265 g/mol. The molecule has 1 aromatic rings. The van der Waals surface area contributed by atoms with E-state index in [1.54, 1.807) is 7.11 Å². The molecule has 3 nitrogen and oxygen atoms in total. The first-order valence-electron chi connectivity index (χ1n) is 7.29. The molecule has 0 heterocycles. The SMILES string of the molecule is CCCNCc1cc(OC)ccc1OC(CC)CC. The van der Waals surface area contributed by atoms with Crippen molar-refractivity contribution in [1.29, 1.82) is 0 Å². The minimum absolute atomic E-state index is 0.290. The fourth-order valence-corrected chi connectivity index (χ4v) is 1.97. The molecule has 0 fully saturated rings. The Balaban J connectivity index is 2.81. The third-order valence-corrected chi connectivity index (χ3v) is 3.21. The van der Waals surface area contributed by atoms with Gasteiger partial charge in [0, 0.05) is 12.1 Å². The van der Waals surface area contributed by atoms with E-state index in [9.17, 15) is 0 Å². The summed E-state index contributed by atoms with van der Waals surface area (Å²) >= 11 is 0. The van der Waals surface area contributed by atoms with Gasteiger partial charge >= 0.3 is 0 Å². The van der Waals surface area contributed by atoms with Gasteiger partial charge in [-0.15, -0.1) is 0 Å². The highest BCUT2D eigenvalue weighted by Crippen LogP contribution is 2.26. The van der Waals surface area contributed by atoms with Crippen LogP contribution >= 0.6 is 0 Å². The van der Waals surface area contributed by atoms with Crippen molar-refractivity contribution >= 4 is 0 Å². The van der Waals surface area contributed by atoms with Crippen molar-refractivity contribution in [2.75, 3.05) is 13.7 Å². The van der Waals surface area contributed by atoms with Gasteiger partial charge in [0.25, 0.3) is 0 Å². The first-order valence-corrected chi connectivity index (χ1v) is 7.29. The maximum atomic E-state index is 6.08. The van der Waals surface area contributed by atoms with E-state index >= 15 is 0 Å². The van der Waals surface area contributed by atoms with E-state index in [-0.39, 0.29) is 0 Å². The summed E-state index contributed by atoms with van der Waals surface area (Å²) in [5.41, 5.74) is 1.17. The van der Waals surface area contributed by atoms with Crippen molar-refractivity contribution in [2.45, 2.75) is 52.7 Å². The van der Waals surface area contributed by atoms with Crippen LogP contribution in [0, 0.1) is 0 Å². The van der Waals surface area contributed by atoms with Crippen molar-refractivity contribution < 1.29 is 9.47 Å². The molecule has 0 bridgehead atoms. The lowest BCUT2D eigenvalue weighted by Crippen LogP contribution is -2.18. The smallest absolute Gasteiger partial charge is 0.124 e. The number of methoxy groups -OCH3 is 1. The molecule has 0 spiro atoms. The van der Waals surface area contributed by atoms with Crippen molar-refractivity contribution in [1.82, 2.24) is 5.32 Å². The van der Waals surface area contributed by atoms with Gasteiger partial charge in [-0.05, 0) is 44.0 Å². The minimum atomic E-state index is 0.290. The summed E-state index contributed by atoms with van der Waals surface area (Å²) in [7, 11) is 1.69. The normalized spacial score (nSPS) is 10.8. The zero-order chi connectivity index (χ0) is 14.1. The zero-order valence-corrected chi connectivity index (χ0v) is 12.7. The molecule has 0 aliphatic rings. The first kappa shape index (κ1) is 15.8. The Hall–Kier alpha value is -1.22. The molecule has 0 aliphatic carbocycles. The van der Waals surface area contributed by atoms with E-state index in [2.05, 4.69) is 32.2 Å². The second-order valence-corrected chi connectivity index (χ2v) is 4.71. The molecule has 0 aliphatic heterocycles. The molecule has 0 radical (unpaired) electrons. The van der Waals surface area contributed by atoms with Crippen molar-refractivity contribution in [3.05, 3.63) is 23.8 Å². The second kappa shape index (κ2) is 8.81. The molecule has 0 aromatic heterocycles. The van der Waals surface area contributed by atoms with Crippen LogP contribution in [0.15, 0.2) is 18.2 Å². The summed E-state index contributed by atoms with van der Waals surface area (Å²) in [6.07, 6.45) is 3.49. The molecular formula is C16H27NO2. The number of rotatable bonds is 9. The van der Waals surface area contributed by atoms with Crippen molar-refractivity contribution in [3.8, 4) is 11.5 Å². The summed E-state index contributed by atoms with van der Waals surface area (Å²) in [5.74, 6) is 1.85. The molecular weight excluding hydrogens is 238 g/mol. The number of nitrogens with one attached hydrogen (secondary N) is 1. The highest BCUT2D eigenvalue weighted by atomic mass is 16.5. The molecule has 19 heavy (non-hydrogen) atoms. The minimum Gasteiger partial charge on any atom is -0.497 e. The maximum absolute atomic E-state index is 6.08. The summed E-state index contributed by atoms with van der Waals surface area (Å²) in [4.78, 5) is 0. The van der Waals surface area contributed by atoms with E-state index in [4.69, 9.17) is 9.47 Å². The van der Waals surface area contributed by atoms with Gasteiger partial charge in [-0.25, -0.2) is 0 Å². The lowest BCUT2D eigenvalue weighted by molar-refractivity contribution is 0.190. The highest BCUT2D eigenvalue weighted by molar-refractivity contribution is 5.40. The number of hydrogen-bond acceptors (Lipinski definition) is 3. The predicted molar refractivity (Wildman–Crippen MR) is 80.0 cm³/mol. The van der Waals surface area contributed by atoms with Crippen LogP contribution in [0.3, 0.4) is 0 Å². The third kappa shape index (κ3) is 5.11. The predicted octanol–water partition coefficient (Wildman–Crippen LogP) is 3.76. The van der Waals surface area contributed by atoms with E-state index < -0.39 is 0 Å². The number of benzene rings is 1. The molecule has 1 aromatic carbocycles. The van der Waals surface area contributed by atoms with Gasteiger partial charge in [-0.3, -0.25) is 0 Å². The maximum Gasteiger partial charge on any atom is 0.124 e. The van der Waals surface area contributed by atoms with Gasteiger partial charge < -0.3 is 14.8 Å². The Labute approximate surface area is 117 Å². The summed E-state index contributed by atoms with van der Waals surface area (Å²) in [6.45, 7) is 8.32. The zero-order valence-electron chi connectivity index (χ0n) is 12.7. The fourth-order valence-electron chi connectivity index (χ4n) is 1.97. The van der Waals surface area contributed by atoms with Crippen LogP contribution in [0.4, 0.5) is 0 Å². The summed E-state index contributed by atoms with van der Waals surface area (Å²) < 4.78 is 11.4. The van der Waals surface area contributed by atoms with E-state index in [1.165, 1.54) is 5.56 Å².